The topological polar surface area (TPSA) is 85.4 Å². The first-order valence-corrected chi connectivity index (χ1v) is 14.8. The van der Waals surface area contributed by atoms with E-state index in [-0.39, 0.29) is 24.5 Å². The van der Waals surface area contributed by atoms with E-state index in [2.05, 4.69) is 6.07 Å². The van der Waals surface area contributed by atoms with Crippen molar-refractivity contribution in [2.45, 2.75) is 78.0 Å². The van der Waals surface area contributed by atoms with Gasteiger partial charge in [-0.1, -0.05) is 36.4 Å². The molecule has 0 aliphatic carbocycles. The fourth-order valence-electron chi connectivity index (χ4n) is 5.44. The van der Waals surface area contributed by atoms with Crippen molar-refractivity contribution in [2.75, 3.05) is 13.1 Å². The van der Waals surface area contributed by atoms with Gasteiger partial charge in [0.05, 0.1) is 6.54 Å². The van der Waals surface area contributed by atoms with Crippen LogP contribution in [0.3, 0.4) is 0 Å². The van der Waals surface area contributed by atoms with Crippen molar-refractivity contribution in [1.82, 2.24) is 9.80 Å². The molecule has 8 nitrogen and oxygen atoms in total. The van der Waals surface area contributed by atoms with Gasteiger partial charge in [-0.25, -0.2) is 14.5 Å². The number of hydrogen-bond acceptors (Lipinski definition) is 6. The highest BCUT2D eigenvalue weighted by atomic mass is 16.6. The molecular weight excluding hydrogens is 544 g/mol. The van der Waals surface area contributed by atoms with Gasteiger partial charge in [0.25, 0.3) is 5.91 Å². The maximum Gasteiger partial charge on any atom is 0.417 e. The van der Waals surface area contributed by atoms with Crippen LogP contribution >= 0.6 is 0 Å². The molecule has 3 aromatic rings. The first kappa shape index (κ1) is 30.1. The van der Waals surface area contributed by atoms with Gasteiger partial charge in [0.1, 0.15) is 22.7 Å². The number of nitrogens with zero attached hydrogens (tertiary/aromatic N) is 2. The van der Waals surface area contributed by atoms with Gasteiger partial charge in [-0.05, 0) is 113 Å². The van der Waals surface area contributed by atoms with Gasteiger partial charge in [0.2, 0.25) is 0 Å². The molecule has 0 unspecified atom stereocenters. The molecule has 2 aliphatic heterocycles. The van der Waals surface area contributed by atoms with E-state index >= 15 is 0 Å². The minimum absolute atomic E-state index is 0.137. The molecule has 2 aliphatic rings. The van der Waals surface area contributed by atoms with Crippen LogP contribution in [0.25, 0.3) is 11.1 Å². The van der Waals surface area contributed by atoms with Gasteiger partial charge >= 0.3 is 12.2 Å². The summed E-state index contributed by atoms with van der Waals surface area (Å²) >= 11 is 0. The number of likely N-dealkylation sites (tertiary alicyclic amines) is 1. The minimum atomic E-state index is -0.725. The fourth-order valence-corrected chi connectivity index (χ4v) is 5.44. The molecule has 3 aromatic carbocycles. The van der Waals surface area contributed by atoms with E-state index in [1.54, 1.807) is 25.7 Å². The highest BCUT2D eigenvalue weighted by Crippen LogP contribution is 2.39. The SMILES string of the molecule is CC(C)(C)OC(=O)N1CCC(c2cc3c(c(-c4ccc(Oc5ccccc5)cc4)c2)CN(C(=O)OC(C)(C)C)C3=O)CC1. The maximum atomic E-state index is 13.6. The van der Waals surface area contributed by atoms with Crippen LogP contribution in [0, 0.1) is 0 Å². The Morgan fingerprint density at radius 2 is 1.30 bits per heavy atom. The molecule has 0 spiro atoms. The van der Waals surface area contributed by atoms with E-state index in [1.165, 1.54) is 4.90 Å². The Morgan fingerprint density at radius 1 is 0.744 bits per heavy atom. The summed E-state index contributed by atoms with van der Waals surface area (Å²) in [5.74, 6) is 1.23. The number of amides is 3. The van der Waals surface area contributed by atoms with Crippen molar-refractivity contribution >= 4 is 18.1 Å². The Bertz CT molecular complexity index is 1490. The standard InChI is InChI=1S/C35H40N2O6/c1-34(2,3)42-32(39)36-18-16-23(17-19-36)25-20-28(24-12-14-27(15-13-24)41-26-10-8-7-9-11-26)30-22-37(31(38)29(30)21-25)33(40)43-35(4,5)6/h7-15,20-21,23H,16-19,22H2,1-6H3. The van der Waals surface area contributed by atoms with E-state index in [0.29, 0.717) is 24.4 Å². The van der Waals surface area contributed by atoms with Crippen molar-refractivity contribution in [3.05, 3.63) is 83.4 Å². The Kier molecular flexibility index (Phi) is 8.23. The predicted octanol–water partition coefficient (Wildman–Crippen LogP) is 8.15. The second-order valence-electron chi connectivity index (χ2n) is 13.1. The molecule has 226 valence electrons. The number of hydrogen-bond donors (Lipinski definition) is 0. The Labute approximate surface area is 253 Å². The molecular formula is C35H40N2O6. The summed E-state index contributed by atoms with van der Waals surface area (Å²) in [6.07, 6.45) is 0.524. The minimum Gasteiger partial charge on any atom is -0.457 e. The van der Waals surface area contributed by atoms with Gasteiger partial charge in [-0.3, -0.25) is 4.79 Å². The number of para-hydroxylation sites is 1. The fraction of sp³-hybridized carbons (Fsp3) is 0.400. The lowest BCUT2D eigenvalue weighted by Crippen LogP contribution is -2.41. The zero-order valence-electron chi connectivity index (χ0n) is 25.8. The number of fused-ring (bicyclic) bond motifs is 1. The number of ether oxygens (including phenoxy) is 3. The third kappa shape index (κ3) is 7.19. The van der Waals surface area contributed by atoms with Crippen molar-refractivity contribution in [3.8, 4) is 22.6 Å². The van der Waals surface area contributed by atoms with Crippen LogP contribution in [0.5, 0.6) is 11.5 Å². The lowest BCUT2D eigenvalue weighted by Gasteiger charge is -2.34. The lowest BCUT2D eigenvalue weighted by molar-refractivity contribution is 0.0201. The van der Waals surface area contributed by atoms with Gasteiger partial charge in [0, 0.05) is 18.7 Å². The molecule has 0 N–H and O–H groups in total. The molecule has 3 amide bonds. The average Bonchev–Trinajstić information content (AvgIpc) is 3.28. The van der Waals surface area contributed by atoms with Crippen molar-refractivity contribution in [3.63, 3.8) is 0 Å². The molecule has 0 radical (unpaired) electrons. The van der Waals surface area contributed by atoms with Gasteiger partial charge < -0.3 is 19.1 Å². The maximum absolute atomic E-state index is 13.6. The van der Waals surface area contributed by atoms with Gasteiger partial charge in [-0.2, -0.15) is 0 Å². The summed E-state index contributed by atoms with van der Waals surface area (Å²) in [6.45, 7) is 12.2. The molecule has 1 fully saturated rings. The van der Waals surface area contributed by atoms with Gasteiger partial charge in [0.15, 0.2) is 0 Å². The molecule has 0 aromatic heterocycles. The van der Waals surface area contributed by atoms with Crippen molar-refractivity contribution in [2.24, 2.45) is 0 Å². The van der Waals surface area contributed by atoms with Crippen LogP contribution < -0.4 is 4.74 Å². The Hall–Kier alpha value is -4.33. The number of carbonyl (C=O) groups excluding carboxylic acids is 3. The van der Waals surface area contributed by atoms with E-state index in [9.17, 15) is 14.4 Å². The lowest BCUT2D eigenvalue weighted by atomic mass is 9.85. The molecule has 5 rings (SSSR count). The third-order valence-corrected chi connectivity index (χ3v) is 7.44. The number of piperidine rings is 1. The average molecular weight is 585 g/mol. The van der Waals surface area contributed by atoms with E-state index in [4.69, 9.17) is 14.2 Å². The smallest absolute Gasteiger partial charge is 0.417 e. The van der Waals surface area contributed by atoms with E-state index in [0.717, 1.165) is 40.8 Å². The first-order chi connectivity index (χ1) is 20.3. The van der Waals surface area contributed by atoms with Crippen LogP contribution in [-0.4, -0.2) is 52.2 Å². The summed E-state index contributed by atoms with van der Waals surface area (Å²) in [7, 11) is 0. The summed E-state index contributed by atoms with van der Waals surface area (Å²) in [5.41, 5.74) is 2.86. The molecule has 43 heavy (non-hydrogen) atoms. The number of rotatable bonds is 4. The van der Waals surface area contributed by atoms with Crippen LogP contribution in [0.15, 0.2) is 66.7 Å². The van der Waals surface area contributed by atoms with Crippen LogP contribution in [0.2, 0.25) is 0 Å². The molecule has 8 heteroatoms. The molecule has 2 heterocycles. The van der Waals surface area contributed by atoms with E-state index in [1.807, 2.05) is 81.4 Å². The van der Waals surface area contributed by atoms with Crippen molar-refractivity contribution in [1.29, 1.82) is 0 Å². The normalized spacial score (nSPS) is 15.7. The number of benzene rings is 3. The van der Waals surface area contributed by atoms with Gasteiger partial charge in [-0.15, -0.1) is 0 Å². The zero-order chi connectivity index (χ0) is 30.9. The molecule has 0 atom stereocenters. The Balaban J connectivity index is 1.44. The summed E-state index contributed by atoms with van der Waals surface area (Å²) in [5, 5.41) is 0. The summed E-state index contributed by atoms with van der Waals surface area (Å²) in [6, 6.07) is 21.4. The number of imide groups is 1. The third-order valence-electron chi connectivity index (χ3n) is 7.44. The number of carbonyl (C=O) groups is 3. The zero-order valence-corrected chi connectivity index (χ0v) is 25.8. The predicted molar refractivity (Wildman–Crippen MR) is 164 cm³/mol. The molecule has 0 bridgehead atoms. The quantitative estimate of drug-likeness (QED) is 0.308. The van der Waals surface area contributed by atoms with E-state index < -0.39 is 17.3 Å². The van der Waals surface area contributed by atoms with Crippen LogP contribution in [0.1, 0.15) is 81.8 Å². The summed E-state index contributed by atoms with van der Waals surface area (Å²) < 4.78 is 17.1. The molecule has 0 saturated carbocycles. The van der Waals surface area contributed by atoms with Crippen LogP contribution in [0.4, 0.5) is 9.59 Å². The largest absolute Gasteiger partial charge is 0.457 e. The monoisotopic (exact) mass is 584 g/mol. The molecule has 1 saturated heterocycles. The summed E-state index contributed by atoms with van der Waals surface area (Å²) in [4.78, 5) is 42.2. The van der Waals surface area contributed by atoms with Crippen molar-refractivity contribution < 1.29 is 28.6 Å². The highest BCUT2D eigenvalue weighted by molar-refractivity contribution is 6.08. The second-order valence-corrected chi connectivity index (χ2v) is 13.1. The highest BCUT2D eigenvalue weighted by Gasteiger charge is 2.38. The second kappa shape index (κ2) is 11.7. The Morgan fingerprint density at radius 3 is 1.91 bits per heavy atom. The van der Waals surface area contributed by atoms with Crippen LogP contribution in [-0.2, 0) is 16.0 Å². The first-order valence-electron chi connectivity index (χ1n) is 14.8.